The fraction of sp³-hybridized carbons (Fsp3) is 0.760. The van der Waals surface area contributed by atoms with Gasteiger partial charge in [0.05, 0.1) is 0 Å². The van der Waals surface area contributed by atoms with Crippen LogP contribution >= 0.6 is 0 Å². The first-order valence-corrected chi connectivity index (χ1v) is 10.8. The zero-order chi connectivity index (χ0) is 20.8. The molecule has 2 nitrogen and oxygen atoms in total. The molecular weight excluding hydrogens is 328 g/mol. The molecule has 0 bridgehead atoms. The Hall–Kier alpha value is -1.02. The molecule has 1 unspecified atom stereocenters. The van der Waals surface area contributed by atoms with Crippen LogP contribution in [0.4, 0.5) is 5.69 Å². The molecule has 0 amide bonds. The van der Waals surface area contributed by atoms with Crippen molar-refractivity contribution in [3.8, 4) is 0 Å². The fourth-order valence-electron chi connectivity index (χ4n) is 5.23. The van der Waals surface area contributed by atoms with E-state index in [1.807, 2.05) is 0 Å². The molecule has 1 atom stereocenters. The second-order valence-electron chi connectivity index (χ2n) is 11.7. The summed E-state index contributed by atoms with van der Waals surface area (Å²) in [5, 5.41) is 3.75. The summed E-state index contributed by atoms with van der Waals surface area (Å²) in [5.41, 5.74) is 5.02. The van der Waals surface area contributed by atoms with E-state index in [0.29, 0.717) is 6.04 Å². The van der Waals surface area contributed by atoms with E-state index in [-0.39, 0.29) is 21.8 Å². The number of hydrogen-bond acceptors (Lipinski definition) is 2. The first kappa shape index (κ1) is 22.3. The number of benzene rings is 1. The van der Waals surface area contributed by atoms with Crippen molar-refractivity contribution in [2.24, 2.45) is 10.8 Å². The minimum Gasteiger partial charge on any atom is -0.366 e. The first-order chi connectivity index (χ1) is 12.2. The zero-order valence-corrected chi connectivity index (χ0v) is 19.9. The summed E-state index contributed by atoms with van der Waals surface area (Å²) in [6.07, 6.45) is 1.16. The van der Waals surface area contributed by atoms with E-state index < -0.39 is 0 Å². The predicted molar refractivity (Wildman–Crippen MR) is 121 cm³/mol. The van der Waals surface area contributed by atoms with Crippen LogP contribution in [0, 0.1) is 10.8 Å². The minimum absolute atomic E-state index is 0.0936. The van der Waals surface area contributed by atoms with Crippen molar-refractivity contribution < 1.29 is 0 Å². The summed E-state index contributed by atoms with van der Waals surface area (Å²) < 4.78 is 0. The quantitative estimate of drug-likeness (QED) is 0.647. The summed E-state index contributed by atoms with van der Waals surface area (Å²) >= 11 is 0. The topological polar surface area (TPSA) is 15.3 Å². The van der Waals surface area contributed by atoms with Crippen molar-refractivity contribution in [3.05, 3.63) is 29.3 Å². The molecule has 1 aromatic rings. The molecule has 1 aliphatic heterocycles. The average molecular weight is 373 g/mol. The van der Waals surface area contributed by atoms with Crippen molar-refractivity contribution in [2.45, 2.75) is 106 Å². The predicted octanol–water partition coefficient (Wildman–Crippen LogP) is 6.52. The highest BCUT2D eigenvalue weighted by atomic mass is 15.2. The Bertz CT molecular complexity index is 638. The number of nitrogens with zero attached hydrogens (tertiary/aromatic N) is 1. The van der Waals surface area contributed by atoms with Gasteiger partial charge in [0.25, 0.3) is 0 Å². The van der Waals surface area contributed by atoms with Gasteiger partial charge in [0, 0.05) is 35.8 Å². The highest BCUT2D eigenvalue weighted by Crippen LogP contribution is 2.61. The monoisotopic (exact) mass is 372 g/mol. The summed E-state index contributed by atoms with van der Waals surface area (Å²) in [5.74, 6) is 0. The van der Waals surface area contributed by atoms with Gasteiger partial charge in [-0.05, 0) is 62.1 Å². The minimum atomic E-state index is 0.0936. The number of fused-ring (bicyclic) bond motifs is 1. The van der Waals surface area contributed by atoms with Gasteiger partial charge in [-0.1, -0.05) is 60.6 Å². The van der Waals surface area contributed by atoms with Crippen LogP contribution in [0.3, 0.4) is 0 Å². The molecule has 0 fully saturated rings. The van der Waals surface area contributed by atoms with Crippen LogP contribution < -0.4 is 10.2 Å². The molecule has 2 rings (SSSR count). The third-order valence-electron chi connectivity index (χ3n) is 6.87. The van der Waals surface area contributed by atoms with E-state index in [1.165, 1.54) is 11.3 Å². The lowest BCUT2D eigenvalue weighted by Crippen LogP contribution is -2.55. The molecule has 1 N–H and O–H groups in total. The molecule has 1 aliphatic rings. The van der Waals surface area contributed by atoms with Crippen molar-refractivity contribution in [3.63, 3.8) is 0 Å². The molecule has 0 saturated carbocycles. The molecule has 1 aromatic carbocycles. The van der Waals surface area contributed by atoms with Crippen LogP contribution in [0.15, 0.2) is 18.2 Å². The maximum absolute atomic E-state index is 3.75. The summed E-state index contributed by atoms with van der Waals surface area (Å²) in [7, 11) is 0. The van der Waals surface area contributed by atoms with Gasteiger partial charge in [-0.3, -0.25) is 0 Å². The number of nitrogens with one attached hydrogen (secondary N) is 1. The van der Waals surface area contributed by atoms with E-state index in [0.717, 1.165) is 19.5 Å². The van der Waals surface area contributed by atoms with Gasteiger partial charge in [-0.15, -0.1) is 0 Å². The Balaban J connectivity index is 2.75. The summed E-state index contributed by atoms with van der Waals surface area (Å²) in [6.45, 7) is 28.2. The molecule has 1 heterocycles. The molecular formula is C25H44N2. The molecule has 154 valence electrons. The van der Waals surface area contributed by atoms with Crippen LogP contribution in [-0.2, 0) is 12.0 Å². The Labute approximate surface area is 169 Å². The number of anilines is 1. The van der Waals surface area contributed by atoms with Gasteiger partial charge >= 0.3 is 0 Å². The van der Waals surface area contributed by atoms with Gasteiger partial charge in [-0.2, -0.15) is 0 Å². The van der Waals surface area contributed by atoms with Crippen molar-refractivity contribution in [1.82, 2.24) is 5.32 Å². The van der Waals surface area contributed by atoms with Crippen LogP contribution in [-0.4, -0.2) is 18.1 Å². The average Bonchev–Trinajstić information content (AvgIpc) is 2.89. The van der Waals surface area contributed by atoms with Crippen molar-refractivity contribution in [2.75, 3.05) is 11.4 Å². The number of rotatable bonds is 4. The van der Waals surface area contributed by atoms with Crippen molar-refractivity contribution in [1.29, 1.82) is 0 Å². The van der Waals surface area contributed by atoms with Gasteiger partial charge < -0.3 is 10.2 Å². The van der Waals surface area contributed by atoms with Gasteiger partial charge in [0.1, 0.15) is 0 Å². The third-order valence-corrected chi connectivity index (χ3v) is 6.87. The third kappa shape index (κ3) is 3.79. The lowest BCUT2D eigenvalue weighted by Gasteiger charge is -2.53. The van der Waals surface area contributed by atoms with Crippen LogP contribution in [0.5, 0.6) is 0 Å². The Kier molecular flexibility index (Phi) is 5.86. The highest BCUT2D eigenvalue weighted by Gasteiger charge is 2.58. The first-order valence-electron chi connectivity index (χ1n) is 10.8. The van der Waals surface area contributed by atoms with E-state index in [1.54, 1.807) is 5.56 Å². The molecule has 0 aromatic heterocycles. The molecule has 0 radical (unpaired) electrons. The standard InChI is InChI=1S/C25H44N2/c1-12-18(2)26-16-19-14-13-15-20-21(19)25(22(3,4)5,23(6,7)8)17-27(20)24(9,10)11/h13-15,18,26H,12,16-17H2,1-11H3. The Morgan fingerprint density at radius 2 is 1.56 bits per heavy atom. The molecule has 27 heavy (non-hydrogen) atoms. The smallest absolute Gasteiger partial charge is 0.0413 e. The SMILES string of the molecule is CCC(C)NCc1cccc2c1C(C(C)(C)C)(C(C)(C)C)CN2C(C)(C)C. The maximum Gasteiger partial charge on any atom is 0.0413 e. The Morgan fingerprint density at radius 3 is 2.00 bits per heavy atom. The maximum atomic E-state index is 3.75. The van der Waals surface area contributed by atoms with E-state index >= 15 is 0 Å². The lowest BCUT2D eigenvalue weighted by molar-refractivity contribution is 0.0627. The Morgan fingerprint density at radius 1 is 1.00 bits per heavy atom. The highest BCUT2D eigenvalue weighted by molar-refractivity contribution is 5.68. The fourth-order valence-corrected chi connectivity index (χ4v) is 5.23. The van der Waals surface area contributed by atoms with Gasteiger partial charge in [-0.25, -0.2) is 0 Å². The second kappa shape index (κ2) is 7.10. The lowest BCUT2D eigenvalue weighted by atomic mass is 9.51. The van der Waals surface area contributed by atoms with Gasteiger partial charge in [0.15, 0.2) is 0 Å². The molecule has 0 spiro atoms. The van der Waals surface area contributed by atoms with Gasteiger partial charge in [0.2, 0.25) is 0 Å². The molecule has 0 saturated heterocycles. The van der Waals surface area contributed by atoms with Crippen molar-refractivity contribution >= 4 is 5.69 Å². The van der Waals surface area contributed by atoms with Crippen LogP contribution in [0.25, 0.3) is 0 Å². The van der Waals surface area contributed by atoms with E-state index in [9.17, 15) is 0 Å². The molecule has 0 aliphatic carbocycles. The summed E-state index contributed by atoms with van der Waals surface area (Å²) in [6, 6.07) is 7.51. The molecule has 2 heteroatoms. The zero-order valence-electron chi connectivity index (χ0n) is 19.9. The van der Waals surface area contributed by atoms with Crippen LogP contribution in [0.1, 0.15) is 93.7 Å². The normalized spacial score (nSPS) is 18.6. The second-order valence-corrected chi connectivity index (χ2v) is 11.7. The largest absolute Gasteiger partial charge is 0.366 e. The summed E-state index contributed by atoms with van der Waals surface area (Å²) in [4.78, 5) is 2.66. The van der Waals surface area contributed by atoms with Crippen LogP contribution in [0.2, 0.25) is 0 Å². The van der Waals surface area contributed by atoms with E-state index in [2.05, 4.69) is 105 Å². The number of hydrogen-bond donors (Lipinski definition) is 1. The van der Waals surface area contributed by atoms with E-state index in [4.69, 9.17) is 0 Å².